The Kier molecular flexibility index (Phi) is 5.11. The lowest BCUT2D eigenvalue weighted by atomic mass is 9.81. The number of likely N-dealkylation sites (tertiary alicyclic amines) is 1. The molecular formula is C17H17Cl2NO4. The average Bonchev–Trinajstić information content (AvgIpc) is 2.79. The number of halogens is 2. The van der Waals surface area contributed by atoms with Crippen LogP contribution in [0.5, 0.6) is 0 Å². The maximum Gasteiger partial charge on any atom is 0.326 e. The molecule has 128 valence electrons. The molecule has 0 bridgehead atoms. The first-order valence-corrected chi connectivity index (χ1v) is 8.67. The van der Waals surface area contributed by atoms with Crippen molar-refractivity contribution in [3.05, 3.63) is 33.8 Å². The Morgan fingerprint density at radius 2 is 1.75 bits per heavy atom. The quantitative estimate of drug-likeness (QED) is 0.603. The van der Waals surface area contributed by atoms with Crippen molar-refractivity contribution < 1.29 is 19.1 Å². The number of fused-ring (bicyclic) bond motifs is 1. The number of rotatable bonds is 4. The molecule has 0 aromatic heterocycles. The molecule has 2 fully saturated rings. The average molecular weight is 370 g/mol. The molecule has 3 rings (SSSR count). The van der Waals surface area contributed by atoms with Crippen LogP contribution in [0.25, 0.3) is 0 Å². The maximum atomic E-state index is 12.3. The molecule has 1 aromatic rings. The zero-order chi connectivity index (χ0) is 17.3. The van der Waals surface area contributed by atoms with E-state index in [4.69, 9.17) is 27.9 Å². The van der Waals surface area contributed by atoms with E-state index in [1.807, 2.05) is 0 Å². The van der Waals surface area contributed by atoms with Crippen molar-refractivity contribution in [2.75, 3.05) is 6.54 Å². The van der Waals surface area contributed by atoms with Gasteiger partial charge in [0.1, 0.15) is 13.2 Å². The molecule has 7 heteroatoms. The Morgan fingerprint density at radius 1 is 1.12 bits per heavy atom. The van der Waals surface area contributed by atoms with Gasteiger partial charge in [0.2, 0.25) is 11.8 Å². The fourth-order valence-electron chi connectivity index (χ4n) is 3.36. The number of amides is 2. The lowest BCUT2D eigenvalue weighted by Crippen LogP contribution is -2.36. The number of benzene rings is 1. The number of hydrogen-bond acceptors (Lipinski definition) is 4. The number of carbonyl (C=O) groups excluding carboxylic acids is 3. The predicted octanol–water partition coefficient (Wildman–Crippen LogP) is 3.21. The highest BCUT2D eigenvalue weighted by atomic mass is 35.5. The summed E-state index contributed by atoms with van der Waals surface area (Å²) in [5.74, 6) is -1.63. The van der Waals surface area contributed by atoms with Crippen molar-refractivity contribution in [1.82, 2.24) is 4.90 Å². The minimum absolute atomic E-state index is 0.0298. The normalized spacial score (nSPS) is 23.3. The third-order valence-electron chi connectivity index (χ3n) is 4.62. The third-order valence-corrected chi connectivity index (χ3v) is 5.21. The van der Waals surface area contributed by atoms with E-state index in [0.717, 1.165) is 30.6 Å². The van der Waals surface area contributed by atoms with Crippen LogP contribution >= 0.6 is 23.2 Å². The minimum Gasteiger partial charge on any atom is -0.459 e. The minimum atomic E-state index is -0.624. The van der Waals surface area contributed by atoms with Crippen molar-refractivity contribution >= 4 is 41.0 Å². The number of ether oxygens (including phenoxy) is 1. The summed E-state index contributed by atoms with van der Waals surface area (Å²) in [7, 11) is 0. The first-order chi connectivity index (χ1) is 11.5. The second kappa shape index (κ2) is 7.11. The van der Waals surface area contributed by atoms with Gasteiger partial charge >= 0.3 is 5.97 Å². The highest BCUT2D eigenvalue weighted by Gasteiger charge is 2.48. The maximum absolute atomic E-state index is 12.3. The van der Waals surface area contributed by atoms with E-state index in [-0.39, 0.29) is 36.8 Å². The molecule has 1 aliphatic heterocycles. The van der Waals surface area contributed by atoms with Crippen molar-refractivity contribution in [1.29, 1.82) is 0 Å². The fraction of sp³-hybridized carbons (Fsp3) is 0.471. The van der Waals surface area contributed by atoms with Crippen LogP contribution in [0.4, 0.5) is 0 Å². The van der Waals surface area contributed by atoms with Crippen molar-refractivity contribution in [3.63, 3.8) is 0 Å². The van der Waals surface area contributed by atoms with Gasteiger partial charge in [-0.15, -0.1) is 0 Å². The molecule has 2 amide bonds. The molecule has 1 saturated carbocycles. The summed E-state index contributed by atoms with van der Waals surface area (Å²) in [4.78, 5) is 37.7. The van der Waals surface area contributed by atoms with Gasteiger partial charge in [0.15, 0.2) is 0 Å². The predicted molar refractivity (Wildman–Crippen MR) is 88.4 cm³/mol. The third kappa shape index (κ3) is 3.42. The molecular weight excluding hydrogens is 353 g/mol. The summed E-state index contributed by atoms with van der Waals surface area (Å²) < 4.78 is 5.15. The second-order valence-corrected chi connectivity index (χ2v) is 7.00. The molecule has 1 saturated heterocycles. The molecule has 0 radical (unpaired) electrons. The highest BCUT2D eigenvalue weighted by Crippen LogP contribution is 2.37. The summed E-state index contributed by atoms with van der Waals surface area (Å²) in [6, 6.07) is 4.87. The number of imide groups is 1. The van der Waals surface area contributed by atoms with E-state index in [1.54, 1.807) is 18.2 Å². The highest BCUT2D eigenvalue weighted by molar-refractivity contribution is 6.35. The Morgan fingerprint density at radius 3 is 2.33 bits per heavy atom. The topological polar surface area (TPSA) is 63.7 Å². The smallest absolute Gasteiger partial charge is 0.326 e. The Labute approximate surface area is 149 Å². The van der Waals surface area contributed by atoms with Gasteiger partial charge in [-0.3, -0.25) is 19.3 Å². The summed E-state index contributed by atoms with van der Waals surface area (Å²) >= 11 is 11.8. The molecule has 24 heavy (non-hydrogen) atoms. The van der Waals surface area contributed by atoms with Gasteiger partial charge in [0.05, 0.1) is 11.8 Å². The van der Waals surface area contributed by atoms with Gasteiger partial charge < -0.3 is 4.74 Å². The van der Waals surface area contributed by atoms with Crippen LogP contribution in [0.3, 0.4) is 0 Å². The zero-order valence-corrected chi connectivity index (χ0v) is 14.5. The lowest BCUT2D eigenvalue weighted by Gasteiger charge is -2.19. The van der Waals surface area contributed by atoms with Gasteiger partial charge in [-0.1, -0.05) is 42.1 Å². The Hall–Kier alpha value is -1.59. The molecule has 1 aromatic carbocycles. The Bertz CT molecular complexity index is 667. The molecule has 2 atom stereocenters. The Balaban J connectivity index is 1.58. The van der Waals surface area contributed by atoms with Gasteiger partial charge in [-0.25, -0.2) is 0 Å². The fourth-order valence-corrected chi connectivity index (χ4v) is 3.82. The first kappa shape index (κ1) is 17.2. The van der Waals surface area contributed by atoms with Gasteiger partial charge in [-0.2, -0.15) is 0 Å². The van der Waals surface area contributed by atoms with Gasteiger partial charge in [0, 0.05) is 15.6 Å². The molecule has 2 aliphatic rings. The number of esters is 1. The summed E-state index contributed by atoms with van der Waals surface area (Å²) in [6.07, 6.45) is 3.35. The van der Waals surface area contributed by atoms with Gasteiger partial charge in [-0.05, 0) is 25.0 Å². The molecule has 0 N–H and O–H groups in total. The van der Waals surface area contributed by atoms with Crippen molar-refractivity contribution in [2.45, 2.75) is 32.3 Å². The van der Waals surface area contributed by atoms with Crippen LogP contribution in [-0.2, 0) is 25.7 Å². The van der Waals surface area contributed by atoms with Crippen molar-refractivity contribution in [2.24, 2.45) is 11.8 Å². The van der Waals surface area contributed by atoms with E-state index in [1.165, 1.54) is 0 Å². The monoisotopic (exact) mass is 369 g/mol. The van der Waals surface area contributed by atoms with Crippen LogP contribution in [0.2, 0.25) is 10.0 Å². The molecule has 1 aliphatic carbocycles. The van der Waals surface area contributed by atoms with Crippen LogP contribution in [0, 0.1) is 11.8 Å². The molecule has 0 unspecified atom stereocenters. The largest absolute Gasteiger partial charge is 0.459 e. The molecule has 5 nitrogen and oxygen atoms in total. The van der Waals surface area contributed by atoms with E-state index < -0.39 is 5.97 Å². The summed E-state index contributed by atoms with van der Waals surface area (Å²) in [5.41, 5.74) is 0.613. The van der Waals surface area contributed by atoms with Gasteiger partial charge in [0.25, 0.3) is 0 Å². The van der Waals surface area contributed by atoms with Crippen LogP contribution in [0.15, 0.2) is 18.2 Å². The van der Waals surface area contributed by atoms with Crippen LogP contribution in [-0.4, -0.2) is 29.2 Å². The van der Waals surface area contributed by atoms with Crippen LogP contribution < -0.4 is 0 Å². The zero-order valence-electron chi connectivity index (χ0n) is 13.0. The number of hydrogen-bond donors (Lipinski definition) is 0. The SMILES string of the molecule is O=C(CN1C(=O)[C@H]2CCCC[C@H]2C1=O)OCc1ccc(Cl)cc1Cl. The van der Waals surface area contributed by atoms with Crippen molar-refractivity contribution in [3.8, 4) is 0 Å². The van der Waals surface area contributed by atoms with Crippen LogP contribution in [0.1, 0.15) is 31.2 Å². The first-order valence-electron chi connectivity index (χ1n) is 7.92. The van der Waals surface area contributed by atoms with E-state index in [2.05, 4.69) is 0 Å². The standard InChI is InChI=1S/C17H17Cl2NO4/c18-11-6-5-10(14(19)7-11)9-24-15(21)8-20-16(22)12-3-1-2-4-13(12)17(20)23/h5-7,12-13H,1-4,8-9H2/t12-,13+. The second-order valence-electron chi connectivity index (χ2n) is 6.16. The molecule has 1 heterocycles. The summed E-state index contributed by atoms with van der Waals surface area (Å²) in [5, 5.41) is 0.889. The number of carbonyl (C=O) groups is 3. The van der Waals surface area contributed by atoms with E-state index in [0.29, 0.717) is 15.6 Å². The summed E-state index contributed by atoms with van der Waals surface area (Å²) in [6.45, 7) is -0.367. The number of nitrogens with zero attached hydrogens (tertiary/aromatic N) is 1. The van der Waals surface area contributed by atoms with E-state index in [9.17, 15) is 14.4 Å². The van der Waals surface area contributed by atoms with E-state index >= 15 is 0 Å². The molecule has 0 spiro atoms. The lowest BCUT2D eigenvalue weighted by molar-refractivity contribution is -0.153.